The maximum Gasteiger partial charge on any atom is 0.304 e. The van der Waals surface area contributed by atoms with Crippen LogP contribution >= 0.6 is 0 Å². The van der Waals surface area contributed by atoms with Gasteiger partial charge >= 0.3 is 10.2 Å². The van der Waals surface area contributed by atoms with Gasteiger partial charge in [-0.2, -0.15) is 8.42 Å². The summed E-state index contributed by atoms with van der Waals surface area (Å²) in [5.41, 5.74) is 1.15. The Hall–Kier alpha value is -1.67. The molecule has 0 aromatic heterocycles. The van der Waals surface area contributed by atoms with E-state index in [1.54, 1.807) is 24.3 Å². The molecule has 0 fully saturated rings. The van der Waals surface area contributed by atoms with Gasteiger partial charge in [0.1, 0.15) is 0 Å². The Morgan fingerprint density at radius 2 is 1.74 bits per heavy atom. The topological polar surface area (TPSA) is 78.5 Å². The predicted molar refractivity (Wildman–Crippen MR) is 89.9 cm³/mol. The Morgan fingerprint density at radius 1 is 1.13 bits per heavy atom. The summed E-state index contributed by atoms with van der Waals surface area (Å²) in [5, 5.41) is 5.63. The van der Waals surface area contributed by atoms with E-state index < -0.39 is 16.0 Å². The van der Waals surface area contributed by atoms with E-state index in [0.717, 1.165) is 19.6 Å². The first-order chi connectivity index (χ1) is 10.9. The number of carbonyl (C=O) groups is 1. The monoisotopic (exact) mass is 345 g/mol. The van der Waals surface area contributed by atoms with Crippen LogP contribution in [0.3, 0.4) is 0 Å². The van der Waals surface area contributed by atoms with E-state index >= 15 is 0 Å². The quantitative estimate of drug-likeness (QED) is 0.628. The molecular weight excluding hydrogens is 321 g/mol. The average Bonchev–Trinajstić information content (AvgIpc) is 2.51. The molecule has 0 heterocycles. The Kier molecular flexibility index (Phi) is 7.97. The zero-order valence-electron chi connectivity index (χ0n) is 13.5. The molecule has 0 saturated carbocycles. The molecule has 0 bridgehead atoms. The maximum absolute atomic E-state index is 12.4. The molecule has 1 aromatic rings. The average molecular weight is 345 g/mol. The van der Waals surface area contributed by atoms with Crippen LogP contribution in [0.15, 0.2) is 24.3 Å². The molecule has 0 radical (unpaired) electrons. The first-order valence-electron chi connectivity index (χ1n) is 7.62. The summed E-state index contributed by atoms with van der Waals surface area (Å²) in [6, 6.07) is 6.59. The van der Waals surface area contributed by atoms with Crippen LogP contribution in [0.25, 0.3) is 0 Å². The fourth-order valence-electron chi connectivity index (χ4n) is 2.03. The molecular formula is C15H24FN3O3S. The lowest BCUT2D eigenvalue weighted by Gasteiger charge is -2.18. The van der Waals surface area contributed by atoms with Crippen molar-refractivity contribution in [3.8, 4) is 0 Å². The molecule has 0 atom stereocenters. The summed E-state index contributed by atoms with van der Waals surface area (Å²) in [6.07, 6.45) is 0. The van der Waals surface area contributed by atoms with Gasteiger partial charge < -0.3 is 15.5 Å². The number of halogens is 1. The SMILES string of the molecule is CCN(CC)CCNC(=O)c1ccc(NCCS(=O)(=O)F)cc1. The number of amides is 1. The van der Waals surface area contributed by atoms with Gasteiger partial charge in [0, 0.05) is 30.9 Å². The number of hydrogen-bond acceptors (Lipinski definition) is 5. The smallest absolute Gasteiger partial charge is 0.304 e. The third-order valence-electron chi connectivity index (χ3n) is 3.43. The summed E-state index contributed by atoms with van der Waals surface area (Å²) >= 11 is 0. The molecule has 0 aliphatic heterocycles. The van der Waals surface area contributed by atoms with Crippen molar-refractivity contribution < 1.29 is 17.1 Å². The molecule has 0 spiro atoms. The maximum atomic E-state index is 12.4. The first kappa shape index (κ1) is 19.4. The molecule has 0 unspecified atom stereocenters. The summed E-state index contributed by atoms with van der Waals surface area (Å²) in [5.74, 6) is -0.740. The summed E-state index contributed by atoms with van der Waals surface area (Å²) < 4.78 is 33.2. The molecule has 0 aliphatic rings. The minimum atomic E-state index is -4.47. The van der Waals surface area contributed by atoms with Crippen LogP contribution in [0.5, 0.6) is 0 Å². The van der Waals surface area contributed by atoms with Gasteiger partial charge in [0.15, 0.2) is 0 Å². The van der Waals surface area contributed by atoms with E-state index in [9.17, 15) is 17.1 Å². The molecule has 1 rings (SSSR count). The van der Waals surface area contributed by atoms with Crippen LogP contribution < -0.4 is 10.6 Å². The normalized spacial score (nSPS) is 11.5. The highest BCUT2D eigenvalue weighted by atomic mass is 32.3. The van der Waals surface area contributed by atoms with Gasteiger partial charge in [0.25, 0.3) is 5.91 Å². The number of hydrogen-bond donors (Lipinski definition) is 2. The fraction of sp³-hybridized carbons (Fsp3) is 0.533. The molecule has 130 valence electrons. The number of likely N-dealkylation sites (N-methyl/N-ethyl adjacent to an activating group) is 1. The summed E-state index contributed by atoms with van der Waals surface area (Å²) in [4.78, 5) is 14.2. The van der Waals surface area contributed by atoms with Crippen molar-refractivity contribution in [2.45, 2.75) is 13.8 Å². The van der Waals surface area contributed by atoms with Gasteiger partial charge in [-0.05, 0) is 37.4 Å². The van der Waals surface area contributed by atoms with Crippen molar-refractivity contribution in [1.82, 2.24) is 10.2 Å². The number of nitrogens with one attached hydrogen (secondary N) is 2. The predicted octanol–water partition coefficient (Wildman–Crippen LogP) is 1.47. The van der Waals surface area contributed by atoms with E-state index in [4.69, 9.17) is 0 Å². The standard InChI is InChI=1S/C15H24FN3O3S/c1-3-19(4-2)11-9-18-15(20)13-5-7-14(8-6-13)17-10-12-23(16,21)22/h5-8,17H,3-4,9-12H2,1-2H3,(H,18,20). The third-order valence-corrected chi connectivity index (χ3v) is 4.12. The van der Waals surface area contributed by atoms with Gasteiger partial charge in [-0.15, -0.1) is 3.89 Å². The molecule has 0 saturated heterocycles. The van der Waals surface area contributed by atoms with E-state index in [1.807, 2.05) is 0 Å². The van der Waals surface area contributed by atoms with Gasteiger partial charge in [-0.1, -0.05) is 13.8 Å². The number of benzene rings is 1. The Labute approximate surface area is 137 Å². The van der Waals surface area contributed by atoms with Crippen LogP contribution in [0.4, 0.5) is 9.57 Å². The second-order valence-corrected chi connectivity index (χ2v) is 6.52. The van der Waals surface area contributed by atoms with Crippen molar-refractivity contribution >= 4 is 21.8 Å². The van der Waals surface area contributed by atoms with Gasteiger partial charge in [0.2, 0.25) is 0 Å². The third kappa shape index (κ3) is 7.94. The summed E-state index contributed by atoms with van der Waals surface area (Å²) in [7, 11) is -4.47. The van der Waals surface area contributed by atoms with Crippen molar-refractivity contribution in [2.75, 3.05) is 43.8 Å². The van der Waals surface area contributed by atoms with Crippen molar-refractivity contribution in [3.63, 3.8) is 0 Å². The molecule has 1 amide bonds. The molecule has 0 aliphatic carbocycles. The molecule has 6 nitrogen and oxygen atoms in total. The van der Waals surface area contributed by atoms with Crippen LogP contribution in [0.2, 0.25) is 0 Å². The fourth-order valence-corrected chi connectivity index (χ4v) is 2.37. The van der Waals surface area contributed by atoms with Crippen molar-refractivity contribution in [3.05, 3.63) is 29.8 Å². The number of anilines is 1. The Balaban J connectivity index is 2.41. The summed E-state index contributed by atoms with van der Waals surface area (Å²) in [6.45, 7) is 7.40. The molecule has 1 aromatic carbocycles. The highest BCUT2D eigenvalue weighted by molar-refractivity contribution is 7.86. The Morgan fingerprint density at radius 3 is 2.26 bits per heavy atom. The van der Waals surface area contributed by atoms with E-state index in [-0.39, 0.29) is 12.5 Å². The first-order valence-corrected chi connectivity index (χ1v) is 9.17. The largest absolute Gasteiger partial charge is 0.384 e. The molecule has 8 heteroatoms. The minimum Gasteiger partial charge on any atom is -0.384 e. The van der Waals surface area contributed by atoms with Crippen LogP contribution in [-0.4, -0.2) is 57.7 Å². The number of rotatable bonds is 10. The second-order valence-electron chi connectivity index (χ2n) is 5.03. The lowest BCUT2D eigenvalue weighted by molar-refractivity contribution is 0.0949. The van der Waals surface area contributed by atoms with E-state index in [2.05, 4.69) is 29.4 Å². The van der Waals surface area contributed by atoms with E-state index in [0.29, 0.717) is 17.8 Å². The Bertz CT molecular complexity index is 586. The molecule has 23 heavy (non-hydrogen) atoms. The highest BCUT2D eigenvalue weighted by Crippen LogP contribution is 2.09. The minimum absolute atomic E-state index is 0.0196. The zero-order chi connectivity index (χ0) is 17.3. The van der Waals surface area contributed by atoms with Crippen LogP contribution in [0.1, 0.15) is 24.2 Å². The zero-order valence-corrected chi connectivity index (χ0v) is 14.3. The number of nitrogens with zero attached hydrogens (tertiary/aromatic N) is 1. The highest BCUT2D eigenvalue weighted by Gasteiger charge is 2.08. The second kappa shape index (κ2) is 9.46. The van der Waals surface area contributed by atoms with Crippen molar-refractivity contribution in [1.29, 1.82) is 0 Å². The van der Waals surface area contributed by atoms with Gasteiger partial charge in [-0.3, -0.25) is 4.79 Å². The van der Waals surface area contributed by atoms with E-state index in [1.165, 1.54) is 0 Å². The van der Waals surface area contributed by atoms with Crippen LogP contribution in [0, 0.1) is 0 Å². The molecule has 2 N–H and O–H groups in total. The van der Waals surface area contributed by atoms with Crippen LogP contribution in [-0.2, 0) is 10.2 Å². The van der Waals surface area contributed by atoms with Gasteiger partial charge in [0.05, 0.1) is 5.75 Å². The lowest BCUT2D eigenvalue weighted by Crippen LogP contribution is -2.34. The lowest BCUT2D eigenvalue weighted by atomic mass is 10.2. The van der Waals surface area contributed by atoms with Crippen molar-refractivity contribution in [2.24, 2.45) is 0 Å². The number of carbonyl (C=O) groups excluding carboxylic acids is 1. The van der Waals surface area contributed by atoms with Gasteiger partial charge in [-0.25, -0.2) is 0 Å².